The highest BCUT2D eigenvalue weighted by Crippen LogP contribution is 2.27. The normalized spacial score (nSPS) is 27.6. The Balaban J connectivity index is 2.28. The first kappa shape index (κ1) is 13.5. The van der Waals surface area contributed by atoms with E-state index in [9.17, 15) is 4.79 Å². The van der Waals surface area contributed by atoms with Crippen LogP contribution in [0.25, 0.3) is 0 Å². The topological polar surface area (TPSA) is 55.1 Å². The molecular formula is C13H26N2O. The van der Waals surface area contributed by atoms with Crippen LogP contribution in [0.1, 0.15) is 58.8 Å². The van der Waals surface area contributed by atoms with Gasteiger partial charge in [-0.15, -0.1) is 0 Å². The second-order valence-corrected chi connectivity index (χ2v) is 5.04. The van der Waals surface area contributed by atoms with Gasteiger partial charge in [-0.3, -0.25) is 4.79 Å². The molecule has 16 heavy (non-hydrogen) atoms. The minimum Gasteiger partial charge on any atom is -0.368 e. The van der Waals surface area contributed by atoms with Crippen molar-refractivity contribution in [1.82, 2.24) is 5.32 Å². The van der Waals surface area contributed by atoms with Crippen LogP contribution >= 0.6 is 0 Å². The quantitative estimate of drug-likeness (QED) is 0.729. The highest BCUT2D eigenvalue weighted by atomic mass is 16.1. The van der Waals surface area contributed by atoms with Crippen LogP contribution in [0.4, 0.5) is 0 Å². The Morgan fingerprint density at radius 2 is 1.94 bits per heavy atom. The van der Waals surface area contributed by atoms with Gasteiger partial charge in [0.1, 0.15) is 0 Å². The Morgan fingerprint density at radius 1 is 1.31 bits per heavy atom. The van der Waals surface area contributed by atoms with E-state index in [0.717, 1.165) is 12.3 Å². The fourth-order valence-corrected chi connectivity index (χ4v) is 2.71. The molecule has 0 bridgehead atoms. The summed E-state index contributed by atoms with van der Waals surface area (Å²) in [5.74, 6) is 0.704. The molecule has 3 N–H and O–H groups in total. The van der Waals surface area contributed by atoms with Crippen LogP contribution in [0, 0.1) is 5.92 Å². The molecule has 1 fully saturated rings. The van der Waals surface area contributed by atoms with Crippen molar-refractivity contribution in [2.24, 2.45) is 11.7 Å². The van der Waals surface area contributed by atoms with Crippen LogP contribution in [0.15, 0.2) is 0 Å². The Labute approximate surface area is 99.2 Å². The summed E-state index contributed by atoms with van der Waals surface area (Å²) < 4.78 is 0. The molecule has 1 rings (SSSR count). The number of nitrogens with one attached hydrogen (secondary N) is 1. The molecule has 0 aromatic rings. The van der Waals surface area contributed by atoms with E-state index in [1.807, 2.05) is 6.92 Å². The van der Waals surface area contributed by atoms with E-state index in [-0.39, 0.29) is 11.9 Å². The van der Waals surface area contributed by atoms with Gasteiger partial charge in [-0.2, -0.15) is 0 Å². The zero-order valence-corrected chi connectivity index (χ0v) is 10.7. The molecule has 0 aliphatic heterocycles. The summed E-state index contributed by atoms with van der Waals surface area (Å²) in [5.41, 5.74) is 5.34. The SMILES string of the molecule is CCCC1CCC(NC(CC)C(N)=O)CC1. The lowest BCUT2D eigenvalue weighted by molar-refractivity contribution is -0.120. The van der Waals surface area contributed by atoms with Gasteiger partial charge < -0.3 is 11.1 Å². The van der Waals surface area contributed by atoms with E-state index in [0.29, 0.717) is 6.04 Å². The molecule has 1 atom stereocenters. The van der Waals surface area contributed by atoms with Crippen molar-refractivity contribution >= 4 is 5.91 Å². The van der Waals surface area contributed by atoms with Crippen molar-refractivity contribution in [3.8, 4) is 0 Å². The number of amides is 1. The minimum atomic E-state index is -0.210. The molecule has 0 radical (unpaired) electrons. The van der Waals surface area contributed by atoms with E-state index < -0.39 is 0 Å². The maximum absolute atomic E-state index is 11.1. The smallest absolute Gasteiger partial charge is 0.234 e. The average molecular weight is 226 g/mol. The largest absolute Gasteiger partial charge is 0.368 e. The third-order valence-electron chi connectivity index (χ3n) is 3.73. The predicted molar refractivity (Wildman–Crippen MR) is 67.1 cm³/mol. The number of hydrogen-bond donors (Lipinski definition) is 2. The summed E-state index contributed by atoms with van der Waals surface area (Å²) in [4.78, 5) is 11.1. The van der Waals surface area contributed by atoms with Gasteiger partial charge in [-0.25, -0.2) is 0 Å². The average Bonchev–Trinajstić information content (AvgIpc) is 2.28. The molecule has 0 heterocycles. The van der Waals surface area contributed by atoms with E-state index in [1.165, 1.54) is 38.5 Å². The van der Waals surface area contributed by atoms with Crippen molar-refractivity contribution in [1.29, 1.82) is 0 Å². The number of primary amides is 1. The maximum atomic E-state index is 11.1. The van der Waals surface area contributed by atoms with Gasteiger partial charge >= 0.3 is 0 Å². The van der Waals surface area contributed by atoms with Gasteiger partial charge in [0.15, 0.2) is 0 Å². The fourth-order valence-electron chi connectivity index (χ4n) is 2.71. The molecule has 1 aliphatic carbocycles. The van der Waals surface area contributed by atoms with Crippen molar-refractivity contribution in [2.45, 2.75) is 70.9 Å². The molecule has 0 saturated heterocycles. The summed E-state index contributed by atoms with van der Waals surface area (Å²) in [6.07, 6.45) is 8.47. The van der Waals surface area contributed by atoms with Crippen molar-refractivity contribution in [3.05, 3.63) is 0 Å². The molecule has 0 aromatic heterocycles. The standard InChI is InChI=1S/C13H26N2O/c1-3-5-10-6-8-11(9-7-10)15-12(4-2)13(14)16/h10-12,15H,3-9H2,1-2H3,(H2,14,16). The zero-order valence-electron chi connectivity index (χ0n) is 10.7. The molecular weight excluding hydrogens is 200 g/mol. The van der Waals surface area contributed by atoms with E-state index >= 15 is 0 Å². The highest BCUT2D eigenvalue weighted by molar-refractivity contribution is 5.79. The summed E-state index contributed by atoms with van der Waals surface area (Å²) >= 11 is 0. The van der Waals surface area contributed by atoms with Gasteiger partial charge in [0.05, 0.1) is 6.04 Å². The second-order valence-electron chi connectivity index (χ2n) is 5.04. The number of carbonyl (C=O) groups excluding carboxylic acids is 1. The van der Waals surface area contributed by atoms with Crippen molar-refractivity contribution < 1.29 is 4.79 Å². The third kappa shape index (κ3) is 4.12. The lowest BCUT2D eigenvalue weighted by atomic mass is 9.83. The van der Waals surface area contributed by atoms with Crippen molar-refractivity contribution in [2.75, 3.05) is 0 Å². The van der Waals surface area contributed by atoms with E-state index in [2.05, 4.69) is 12.2 Å². The number of carbonyl (C=O) groups is 1. The first-order chi connectivity index (χ1) is 7.67. The number of nitrogens with two attached hydrogens (primary N) is 1. The molecule has 1 saturated carbocycles. The van der Waals surface area contributed by atoms with Crippen LogP contribution in [0.2, 0.25) is 0 Å². The molecule has 3 heteroatoms. The third-order valence-corrected chi connectivity index (χ3v) is 3.73. The summed E-state index contributed by atoms with van der Waals surface area (Å²) in [7, 11) is 0. The Kier molecular flexibility index (Phi) is 5.81. The maximum Gasteiger partial charge on any atom is 0.234 e. The summed E-state index contributed by atoms with van der Waals surface area (Å²) in [6.45, 7) is 4.26. The second kappa shape index (κ2) is 6.89. The van der Waals surface area contributed by atoms with Gasteiger partial charge in [-0.1, -0.05) is 26.7 Å². The number of hydrogen-bond acceptors (Lipinski definition) is 2. The molecule has 3 nitrogen and oxygen atoms in total. The minimum absolute atomic E-state index is 0.132. The van der Waals surface area contributed by atoms with Crippen molar-refractivity contribution in [3.63, 3.8) is 0 Å². The van der Waals surface area contributed by atoms with Crippen LogP contribution in [-0.4, -0.2) is 18.0 Å². The Hall–Kier alpha value is -0.570. The van der Waals surface area contributed by atoms with E-state index in [1.54, 1.807) is 0 Å². The van der Waals surface area contributed by atoms with Gasteiger partial charge in [0, 0.05) is 6.04 Å². The van der Waals surface area contributed by atoms with Gasteiger partial charge in [0.25, 0.3) is 0 Å². The van der Waals surface area contributed by atoms with Crippen LogP contribution in [0.3, 0.4) is 0 Å². The molecule has 0 aromatic carbocycles. The molecule has 1 amide bonds. The number of rotatable bonds is 6. The van der Waals surface area contributed by atoms with Crippen LogP contribution in [-0.2, 0) is 4.79 Å². The van der Waals surface area contributed by atoms with Crippen LogP contribution in [0.5, 0.6) is 0 Å². The molecule has 1 aliphatic rings. The Bertz CT molecular complexity index is 210. The summed E-state index contributed by atoms with van der Waals surface area (Å²) in [5, 5.41) is 3.39. The Morgan fingerprint density at radius 3 is 2.38 bits per heavy atom. The predicted octanol–water partition coefficient (Wildman–Crippen LogP) is 2.20. The van der Waals surface area contributed by atoms with Gasteiger partial charge in [-0.05, 0) is 38.0 Å². The lowest BCUT2D eigenvalue weighted by Gasteiger charge is -2.31. The first-order valence-corrected chi connectivity index (χ1v) is 6.72. The van der Waals surface area contributed by atoms with Gasteiger partial charge in [0.2, 0.25) is 5.91 Å². The zero-order chi connectivity index (χ0) is 12.0. The summed E-state index contributed by atoms with van der Waals surface area (Å²) in [6, 6.07) is 0.373. The fraction of sp³-hybridized carbons (Fsp3) is 0.923. The molecule has 94 valence electrons. The van der Waals surface area contributed by atoms with Crippen LogP contribution < -0.4 is 11.1 Å². The monoisotopic (exact) mass is 226 g/mol. The highest BCUT2D eigenvalue weighted by Gasteiger charge is 2.23. The first-order valence-electron chi connectivity index (χ1n) is 6.72. The van der Waals surface area contributed by atoms with E-state index in [4.69, 9.17) is 5.73 Å². The molecule has 0 spiro atoms. The lowest BCUT2D eigenvalue weighted by Crippen LogP contribution is -2.47. The molecule has 1 unspecified atom stereocenters.